The highest BCUT2D eigenvalue weighted by Crippen LogP contribution is 2.35. The summed E-state index contributed by atoms with van der Waals surface area (Å²) in [5.41, 5.74) is 3.10. The fraction of sp³-hybridized carbons (Fsp3) is 0.162. The lowest BCUT2D eigenvalue weighted by Crippen LogP contribution is -2.40. The number of aromatic nitrogens is 1. The van der Waals surface area contributed by atoms with E-state index in [0.717, 1.165) is 5.56 Å². The molecule has 0 bridgehead atoms. The molecule has 1 atom stereocenters. The van der Waals surface area contributed by atoms with E-state index in [9.17, 15) is 14.0 Å². The van der Waals surface area contributed by atoms with Gasteiger partial charge in [-0.25, -0.2) is 14.2 Å². The maximum Gasteiger partial charge on any atom is 0.338 e. The van der Waals surface area contributed by atoms with Crippen molar-refractivity contribution in [3.8, 4) is 11.5 Å². The molecule has 0 amide bonds. The van der Waals surface area contributed by atoms with Crippen LogP contribution in [-0.4, -0.2) is 23.8 Å². The van der Waals surface area contributed by atoms with E-state index < -0.39 is 17.8 Å². The first-order valence-corrected chi connectivity index (χ1v) is 16.2. The number of thiazole rings is 1. The Balaban J connectivity index is 1.47. The van der Waals surface area contributed by atoms with Crippen LogP contribution < -0.4 is 24.4 Å². The third-order valence-electron chi connectivity index (χ3n) is 7.41. The van der Waals surface area contributed by atoms with Crippen LogP contribution in [0.4, 0.5) is 4.39 Å². The molecule has 5 aromatic rings. The average molecular weight is 669 g/mol. The molecule has 0 unspecified atom stereocenters. The van der Waals surface area contributed by atoms with Crippen molar-refractivity contribution in [1.82, 2.24) is 4.57 Å². The number of carbonyl (C=O) groups is 1. The smallest absolute Gasteiger partial charge is 0.338 e. The van der Waals surface area contributed by atoms with E-state index in [1.165, 1.54) is 28.0 Å². The molecule has 0 saturated carbocycles. The van der Waals surface area contributed by atoms with E-state index in [4.69, 9.17) is 30.8 Å². The summed E-state index contributed by atoms with van der Waals surface area (Å²) in [6.07, 6.45) is 1.76. The Morgan fingerprint density at radius 1 is 0.936 bits per heavy atom. The number of esters is 1. The molecule has 2 heterocycles. The summed E-state index contributed by atoms with van der Waals surface area (Å²) in [5.74, 6) is 0.0363. The quantitative estimate of drug-likeness (QED) is 0.155. The third-order valence-corrected chi connectivity index (χ3v) is 8.63. The van der Waals surface area contributed by atoms with Crippen molar-refractivity contribution < 1.29 is 23.4 Å². The Kier molecular flexibility index (Phi) is 9.65. The van der Waals surface area contributed by atoms with Crippen LogP contribution in [0.25, 0.3) is 11.8 Å². The van der Waals surface area contributed by atoms with Gasteiger partial charge in [0.15, 0.2) is 16.3 Å². The zero-order chi connectivity index (χ0) is 32.9. The van der Waals surface area contributed by atoms with Gasteiger partial charge in [-0.15, -0.1) is 0 Å². The van der Waals surface area contributed by atoms with Gasteiger partial charge in [-0.1, -0.05) is 83.6 Å². The van der Waals surface area contributed by atoms with Crippen molar-refractivity contribution in [3.63, 3.8) is 0 Å². The Labute approximate surface area is 279 Å². The highest BCUT2D eigenvalue weighted by Gasteiger charge is 2.35. The minimum absolute atomic E-state index is 0.131. The number of hydrogen-bond donors (Lipinski definition) is 0. The number of halogens is 2. The van der Waals surface area contributed by atoms with E-state index in [-0.39, 0.29) is 17.7 Å². The van der Waals surface area contributed by atoms with Crippen LogP contribution in [0.15, 0.2) is 112 Å². The molecule has 0 spiro atoms. The standard InChI is InChI=1S/C37H30ClFN2O5S/c1-3-44-30-20-23(13-18-29(30)46-22-24-9-8-12-27(38)19-24)21-31-35(42)41-34(26-14-16-28(39)17-15-26)32(36(43)45-4-2)33(40-37(41)47-31)25-10-6-5-7-11-25/h5-21,34H,3-4,22H2,1-2H3/b31-21-/t34-/m0/s1. The molecule has 1 aromatic heterocycles. The summed E-state index contributed by atoms with van der Waals surface area (Å²) in [6, 6.07) is 27.0. The molecule has 4 aromatic carbocycles. The van der Waals surface area contributed by atoms with Crippen LogP contribution in [0.3, 0.4) is 0 Å². The van der Waals surface area contributed by atoms with Crippen molar-refractivity contribution in [3.05, 3.63) is 155 Å². The van der Waals surface area contributed by atoms with Gasteiger partial charge in [-0.05, 0) is 73.0 Å². The average Bonchev–Trinajstić information content (AvgIpc) is 3.38. The second kappa shape index (κ2) is 14.2. The third kappa shape index (κ3) is 6.91. The second-order valence-corrected chi connectivity index (χ2v) is 12.0. The number of rotatable bonds is 10. The molecule has 7 nitrogen and oxygen atoms in total. The monoisotopic (exact) mass is 668 g/mol. The zero-order valence-corrected chi connectivity index (χ0v) is 27.2. The van der Waals surface area contributed by atoms with Gasteiger partial charge >= 0.3 is 5.97 Å². The highest BCUT2D eigenvalue weighted by atomic mass is 35.5. The van der Waals surface area contributed by atoms with E-state index in [1.54, 1.807) is 37.3 Å². The van der Waals surface area contributed by atoms with Crippen LogP contribution in [0.1, 0.15) is 42.1 Å². The lowest BCUT2D eigenvalue weighted by Gasteiger charge is -2.25. The van der Waals surface area contributed by atoms with Crippen molar-refractivity contribution in [2.75, 3.05) is 13.2 Å². The number of ether oxygens (including phenoxy) is 3. The van der Waals surface area contributed by atoms with Gasteiger partial charge in [0.25, 0.3) is 5.56 Å². The number of nitrogens with zero attached hydrogens (tertiary/aromatic N) is 2. The number of benzene rings is 4. The van der Waals surface area contributed by atoms with Crippen molar-refractivity contribution >= 4 is 40.7 Å². The fourth-order valence-electron chi connectivity index (χ4n) is 5.34. The van der Waals surface area contributed by atoms with E-state index in [1.807, 2.05) is 67.6 Å². The minimum Gasteiger partial charge on any atom is -0.490 e. The summed E-state index contributed by atoms with van der Waals surface area (Å²) in [5, 5.41) is 0.625. The molecule has 0 N–H and O–H groups in total. The molecule has 10 heteroatoms. The maximum absolute atomic E-state index is 14.2. The molecular formula is C37H30ClFN2O5S. The molecule has 0 aliphatic carbocycles. The Morgan fingerprint density at radius 3 is 2.45 bits per heavy atom. The predicted molar refractivity (Wildman–Crippen MR) is 181 cm³/mol. The van der Waals surface area contributed by atoms with Gasteiger partial charge in [-0.2, -0.15) is 0 Å². The van der Waals surface area contributed by atoms with Crippen molar-refractivity contribution in [1.29, 1.82) is 0 Å². The topological polar surface area (TPSA) is 79.1 Å². The van der Waals surface area contributed by atoms with Crippen LogP contribution >= 0.6 is 22.9 Å². The van der Waals surface area contributed by atoms with Crippen LogP contribution in [-0.2, 0) is 16.1 Å². The van der Waals surface area contributed by atoms with Gasteiger partial charge in [0.2, 0.25) is 0 Å². The molecule has 47 heavy (non-hydrogen) atoms. The van der Waals surface area contributed by atoms with E-state index >= 15 is 0 Å². The minimum atomic E-state index is -0.899. The van der Waals surface area contributed by atoms with Gasteiger partial charge in [-0.3, -0.25) is 9.36 Å². The number of carbonyl (C=O) groups excluding carboxylic acids is 1. The molecule has 1 aliphatic heterocycles. The van der Waals surface area contributed by atoms with Crippen molar-refractivity contribution in [2.24, 2.45) is 4.99 Å². The lowest BCUT2D eigenvalue weighted by molar-refractivity contribution is -0.138. The van der Waals surface area contributed by atoms with E-state index in [2.05, 4.69) is 0 Å². The summed E-state index contributed by atoms with van der Waals surface area (Å²) in [4.78, 5) is 33.0. The Hall–Kier alpha value is -4.99. The number of hydrogen-bond acceptors (Lipinski definition) is 7. The van der Waals surface area contributed by atoms with Gasteiger partial charge in [0.05, 0.1) is 35.1 Å². The predicted octanol–water partition coefficient (Wildman–Crippen LogP) is 6.71. The molecule has 6 rings (SSSR count). The second-order valence-electron chi connectivity index (χ2n) is 10.5. The van der Waals surface area contributed by atoms with Crippen LogP contribution in [0, 0.1) is 5.82 Å². The van der Waals surface area contributed by atoms with Gasteiger partial charge < -0.3 is 14.2 Å². The summed E-state index contributed by atoms with van der Waals surface area (Å²) < 4.78 is 33.3. The molecular weight excluding hydrogens is 639 g/mol. The highest BCUT2D eigenvalue weighted by molar-refractivity contribution is 7.07. The number of fused-ring (bicyclic) bond motifs is 1. The zero-order valence-electron chi connectivity index (χ0n) is 25.6. The maximum atomic E-state index is 14.2. The van der Waals surface area contributed by atoms with Gasteiger partial charge in [0, 0.05) is 10.6 Å². The first kappa shape index (κ1) is 32.0. The summed E-state index contributed by atoms with van der Waals surface area (Å²) >= 11 is 7.32. The molecule has 0 radical (unpaired) electrons. The lowest BCUT2D eigenvalue weighted by atomic mass is 9.93. The summed E-state index contributed by atoms with van der Waals surface area (Å²) in [7, 11) is 0. The molecule has 0 fully saturated rings. The van der Waals surface area contributed by atoms with Crippen molar-refractivity contribution in [2.45, 2.75) is 26.5 Å². The summed E-state index contributed by atoms with van der Waals surface area (Å²) in [6.45, 7) is 4.44. The SMILES string of the molecule is CCOC(=O)C1=C(c2ccccc2)N=c2s/c(=C\c3ccc(OCc4cccc(Cl)c4)c(OCC)c3)c(=O)n2[C@H]1c1ccc(F)cc1. The van der Waals surface area contributed by atoms with Crippen LogP contribution in [0.5, 0.6) is 11.5 Å². The Bertz CT molecular complexity index is 2140. The first-order valence-electron chi connectivity index (χ1n) is 15.0. The molecule has 0 saturated heterocycles. The first-order chi connectivity index (χ1) is 22.9. The normalized spacial score (nSPS) is 14.4. The fourth-order valence-corrected chi connectivity index (χ4v) is 6.56. The van der Waals surface area contributed by atoms with Gasteiger partial charge in [0.1, 0.15) is 12.4 Å². The molecule has 238 valence electrons. The molecule has 1 aliphatic rings. The van der Waals surface area contributed by atoms with E-state index in [0.29, 0.717) is 61.5 Å². The largest absolute Gasteiger partial charge is 0.490 e. The Morgan fingerprint density at radius 2 is 1.72 bits per heavy atom. The van der Waals surface area contributed by atoms with Crippen LogP contribution in [0.2, 0.25) is 5.02 Å².